The zero-order valence-corrected chi connectivity index (χ0v) is 21.3. The van der Waals surface area contributed by atoms with Crippen molar-refractivity contribution >= 4 is 23.2 Å². The van der Waals surface area contributed by atoms with E-state index in [1.54, 1.807) is 14.2 Å². The number of ketones is 2. The number of methoxy groups -OCH3 is 2. The highest BCUT2D eigenvalue weighted by Crippen LogP contribution is 2.51. The van der Waals surface area contributed by atoms with E-state index in [0.29, 0.717) is 13.0 Å². The second-order valence-corrected chi connectivity index (χ2v) is 10.9. The van der Waals surface area contributed by atoms with Gasteiger partial charge in [-0.2, -0.15) is 0 Å². The van der Waals surface area contributed by atoms with Crippen molar-refractivity contribution in [1.29, 1.82) is 0 Å². The second-order valence-electron chi connectivity index (χ2n) is 10.4. The number of nitrogens with one attached hydrogen (secondary N) is 1. The molecule has 1 spiro atoms. The molecule has 1 N–H and O–H groups in total. The number of ether oxygens (including phenoxy) is 3. The summed E-state index contributed by atoms with van der Waals surface area (Å²) in [5.74, 6) is -1.18. The Labute approximate surface area is 203 Å². The summed E-state index contributed by atoms with van der Waals surface area (Å²) < 4.78 is 17.7. The summed E-state index contributed by atoms with van der Waals surface area (Å²) in [6.07, 6.45) is 7.52. The molecule has 2 saturated heterocycles. The van der Waals surface area contributed by atoms with Crippen molar-refractivity contribution in [3.63, 3.8) is 0 Å². The third kappa shape index (κ3) is 4.31. The minimum Gasteiger partial charge on any atom is -0.380 e. The van der Waals surface area contributed by atoms with Crippen LogP contribution in [0.2, 0.25) is 0 Å². The van der Waals surface area contributed by atoms with E-state index >= 15 is 0 Å². The van der Waals surface area contributed by atoms with Crippen LogP contribution in [0.4, 0.5) is 0 Å². The molecule has 8 heteroatoms. The van der Waals surface area contributed by atoms with Gasteiger partial charge in [0.25, 0.3) is 0 Å². The molecule has 0 aromatic carbocycles. The average Bonchev–Trinajstić information content (AvgIpc) is 3.35. The molecule has 33 heavy (non-hydrogen) atoms. The zero-order valence-electron chi connectivity index (χ0n) is 20.6. The Morgan fingerprint density at radius 2 is 1.76 bits per heavy atom. The van der Waals surface area contributed by atoms with Gasteiger partial charge >= 0.3 is 0 Å². The largest absolute Gasteiger partial charge is 0.380 e. The van der Waals surface area contributed by atoms with Gasteiger partial charge in [0.05, 0.1) is 35.5 Å². The molecular formula is C25H41ClN2O5. The highest BCUT2D eigenvalue weighted by atomic mass is 35.5. The van der Waals surface area contributed by atoms with Gasteiger partial charge in [0.2, 0.25) is 0 Å². The lowest BCUT2D eigenvalue weighted by Crippen LogP contribution is -2.61. The molecule has 188 valence electrons. The van der Waals surface area contributed by atoms with Gasteiger partial charge in [0.15, 0.2) is 17.2 Å². The van der Waals surface area contributed by atoms with Crippen LogP contribution in [0.1, 0.15) is 65.2 Å². The highest BCUT2D eigenvalue weighted by molar-refractivity contribution is 6.23. The maximum Gasteiger partial charge on any atom is 0.188 e. The molecule has 4 fully saturated rings. The number of hydrogen-bond donors (Lipinski definition) is 1. The summed E-state index contributed by atoms with van der Waals surface area (Å²) in [5.41, 5.74) is 2.04. The number of alkyl halides is 1. The molecule has 2 saturated carbocycles. The second kappa shape index (κ2) is 10.6. The molecule has 7 nitrogen and oxygen atoms in total. The molecule has 2 aliphatic carbocycles. The highest BCUT2D eigenvalue weighted by Gasteiger charge is 2.70. The Kier molecular flexibility index (Phi) is 8.19. The van der Waals surface area contributed by atoms with Gasteiger partial charge in [0, 0.05) is 45.7 Å². The quantitative estimate of drug-likeness (QED) is 0.306. The minimum absolute atomic E-state index is 0.0729. The first-order valence-electron chi connectivity index (χ1n) is 12.9. The van der Waals surface area contributed by atoms with Crippen LogP contribution in [0.25, 0.3) is 0 Å². The fourth-order valence-corrected chi connectivity index (χ4v) is 7.12. The summed E-state index contributed by atoms with van der Waals surface area (Å²) in [6, 6.07) is 0.115. The molecule has 7 unspecified atom stereocenters. The molecule has 0 amide bonds. The van der Waals surface area contributed by atoms with Crippen molar-refractivity contribution in [3.05, 3.63) is 0 Å². The Bertz CT molecular complexity index is 723. The molecule has 0 aromatic rings. The lowest BCUT2D eigenvalue weighted by atomic mass is 9.64. The van der Waals surface area contributed by atoms with E-state index in [-0.39, 0.29) is 41.7 Å². The number of hydrogen-bond acceptors (Lipinski definition) is 7. The van der Waals surface area contributed by atoms with Gasteiger partial charge < -0.3 is 14.2 Å². The van der Waals surface area contributed by atoms with Crippen molar-refractivity contribution in [1.82, 2.24) is 10.4 Å². The fourth-order valence-electron chi connectivity index (χ4n) is 6.71. The third-order valence-electron chi connectivity index (χ3n) is 8.61. The van der Waals surface area contributed by atoms with Crippen LogP contribution in [0, 0.1) is 17.8 Å². The average molecular weight is 485 g/mol. The Hall–Kier alpha value is -0.570. The Balaban J connectivity index is 1.47. The van der Waals surface area contributed by atoms with E-state index in [2.05, 4.69) is 17.4 Å². The molecule has 0 bridgehead atoms. The van der Waals surface area contributed by atoms with Crippen molar-refractivity contribution in [2.45, 2.75) is 101 Å². The number of carbonyl (C=O) groups excluding carboxylic acids is 2. The Morgan fingerprint density at radius 3 is 2.45 bits per heavy atom. The van der Waals surface area contributed by atoms with Crippen molar-refractivity contribution in [2.75, 3.05) is 27.3 Å². The summed E-state index contributed by atoms with van der Waals surface area (Å²) in [7, 11) is 3.21. The summed E-state index contributed by atoms with van der Waals surface area (Å²) in [4.78, 5) is 27.8. The van der Waals surface area contributed by atoms with Gasteiger partial charge in [-0.3, -0.25) is 15.0 Å². The maximum absolute atomic E-state index is 13.9. The van der Waals surface area contributed by atoms with Crippen LogP contribution in [0.15, 0.2) is 0 Å². The number of nitrogens with zero attached hydrogens (tertiary/aromatic N) is 1. The maximum atomic E-state index is 13.9. The van der Waals surface area contributed by atoms with E-state index in [9.17, 15) is 9.59 Å². The van der Waals surface area contributed by atoms with Crippen LogP contribution in [-0.4, -0.2) is 79.2 Å². The Morgan fingerprint density at radius 1 is 1.06 bits per heavy atom. The predicted octanol–water partition coefficient (Wildman–Crippen LogP) is 3.12. The van der Waals surface area contributed by atoms with Gasteiger partial charge in [0.1, 0.15) is 0 Å². The van der Waals surface area contributed by atoms with Crippen molar-refractivity contribution in [3.8, 4) is 0 Å². The SMILES string of the molecule is CCCCCCCCN1NCC2C(=O)[C@@]3(OC4C(Cl)C(OC)CC(OC)C4C3=O)[C@H](C)CC21. The molecule has 2 aliphatic heterocycles. The normalized spacial score (nSPS) is 43.3. The fraction of sp³-hybridized carbons (Fsp3) is 0.920. The molecule has 4 aliphatic rings. The molecular weight excluding hydrogens is 444 g/mol. The van der Waals surface area contributed by atoms with Gasteiger partial charge in [-0.05, 0) is 12.8 Å². The smallest absolute Gasteiger partial charge is 0.188 e. The first-order valence-corrected chi connectivity index (χ1v) is 13.3. The van der Waals surface area contributed by atoms with Crippen molar-refractivity contribution in [2.24, 2.45) is 17.8 Å². The van der Waals surface area contributed by atoms with Gasteiger partial charge in [-0.15, -0.1) is 11.6 Å². The van der Waals surface area contributed by atoms with E-state index in [1.165, 1.54) is 32.1 Å². The van der Waals surface area contributed by atoms with Gasteiger partial charge in [-0.1, -0.05) is 46.0 Å². The lowest BCUT2D eigenvalue weighted by molar-refractivity contribution is -0.170. The van der Waals surface area contributed by atoms with E-state index in [1.807, 2.05) is 6.92 Å². The summed E-state index contributed by atoms with van der Waals surface area (Å²) in [6.45, 7) is 5.72. The number of fused-ring (bicyclic) bond motifs is 2. The van der Waals surface area contributed by atoms with Crippen LogP contribution < -0.4 is 5.43 Å². The molecule has 0 aromatic heterocycles. The lowest BCUT2D eigenvalue weighted by Gasteiger charge is -2.43. The summed E-state index contributed by atoms with van der Waals surface area (Å²) >= 11 is 6.72. The van der Waals surface area contributed by atoms with Crippen LogP contribution in [0.3, 0.4) is 0 Å². The number of hydrazine groups is 1. The molecule has 4 rings (SSSR count). The van der Waals surface area contributed by atoms with Gasteiger partial charge in [-0.25, -0.2) is 5.01 Å². The topological polar surface area (TPSA) is 77.1 Å². The molecule has 0 radical (unpaired) electrons. The number of Topliss-reactive ketones (excluding diaryl/α,β-unsaturated/α-hetero) is 2. The van der Waals surface area contributed by atoms with Crippen LogP contribution in [-0.2, 0) is 23.8 Å². The number of rotatable bonds is 9. The minimum atomic E-state index is -1.42. The van der Waals surface area contributed by atoms with Crippen molar-refractivity contribution < 1.29 is 23.8 Å². The third-order valence-corrected chi connectivity index (χ3v) is 9.14. The standard InChI is InChI=1S/C25H41ClN2O5/c1-5-6-7-8-9-10-11-28-17-12-15(2)25(23(29)16(17)14-27-28)24(30)20-18(31-3)13-19(32-4)21(26)22(20)33-25/h15-22,27H,5-14H2,1-4H3/t15-,16?,17?,18?,19?,20?,21?,22?,25+/m1/s1. The molecule has 2 heterocycles. The van der Waals surface area contributed by atoms with E-state index in [4.69, 9.17) is 25.8 Å². The predicted molar refractivity (Wildman–Crippen MR) is 126 cm³/mol. The van der Waals surface area contributed by atoms with Crippen LogP contribution >= 0.6 is 11.6 Å². The first kappa shape index (κ1) is 25.5. The van der Waals surface area contributed by atoms with E-state index in [0.717, 1.165) is 19.4 Å². The number of carbonyl (C=O) groups is 2. The summed E-state index contributed by atoms with van der Waals surface area (Å²) in [5, 5.41) is 1.76. The zero-order chi connectivity index (χ0) is 23.8. The van der Waals surface area contributed by atoms with Crippen LogP contribution in [0.5, 0.6) is 0 Å². The monoisotopic (exact) mass is 484 g/mol. The number of halogens is 1. The molecule has 9 atom stereocenters. The number of unbranched alkanes of at least 4 members (excludes halogenated alkanes) is 5. The first-order chi connectivity index (χ1) is 15.9. The van der Waals surface area contributed by atoms with E-state index < -0.39 is 23.0 Å².